The van der Waals surface area contributed by atoms with E-state index < -0.39 is 8.32 Å². The third-order valence-electron chi connectivity index (χ3n) is 9.28. The van der Waals surface area contributed by atoms with Crippen LogP contribution in [0.1, 0.15) is 155 Å². The Hall–Kier alpha value is 0.307. The van der Waals surface area contributed by atoms with E-state index in [9.17, 15) is 0 Å². The number of alkyl halides is 1. The Labute approximate surface area is 269 Å². The van der Waals surface area contributed by atoms with E-state index in [1.54, 1.807) is 0 Å². The first-order valence-corrected chi connectivity index (χ1v) is 23.0. The highest BCUT2D eigenvalue weighted by Crippen LogP contribution is 2.36. The van der Waals surface area contributed by atoms with Crippen LogP contribution in [0, 0.1) is 0 Å². The summed E-state index contributed by atoms with van der Waals surface area (Å²) in [5, 5.41) is 1.49. The van der Waals surface area contributed by atoms with Crippen LogP contribution in [-0.2, 0) is 10.8 Å². The number of unbranched alkanes of at least 4 members (excludes halogenated alkanes) is 19. The first-order chi connectivity index (χ1) is 19.8. The summed E-state index contributed by atoms with van der Waals surface area (Å²) >= 11 is 3.75. The predicted octanol–water partition coefficient (Wildman–Crippen LogP) is 13.5. The molecule has 0 aromatic heterocycles. The average Bonchev–Trinajstić information content (AvgIpc) is 2.94. The highest BCUT2D eigenvalue weighted by atomic mass is 79.9. The number of rotatable bonds is 28. The Kier molecular flexibility index (Phi) is 24.6. The van der Waals surface area contributed by atoms with E-state index in [0.717, 1.165) is 26.2 Å². The van der Waals surface area contributed by atoms with Gasteiger partial charge in [-0.2, -0.15) is 0 Å². The molecular weight excluding hydrogens is 599 g/mol. The number of hydrogen-bond acceptors (Lipinski definition) is 1. The minimum Gasteiger partial charge on any atom is -0.417 e. The van der Waals surface area contributed by atoms with Crippen molar-refractivity contribution < 1.29 is 4.43 Å². The second kappa shape index (κ2) is 25.6. The fourth-order valence-corrected chi connectivity index (χ4v) is 8.69. The molecule has 1 rings (SSSR count). The van der Waals surface area contributed by atoms with Gasteiger partial charge in [-0.25, -0.2) is 0 Å². The van der Waals surface area contributed by atoms with Crippen molar-refractivity contribution in [2.24, 2.45) is 0 Å². The Morgan fingerprint density at radius 3 is 1.41 bits per heavy atom. The van der Waals surface area contributed by atoms with Crippen molar-refractivity contribution in [3.8, 4) is 0 Å². The Bertz CT molecular complexity index is 690. The van der Waals surface area contributed by atoms with Gasteiger partial charge in [0.1, 0.15) is 0 Å². The summed E-state index contributed by atoms with van der Waals surface area (Å²) in [7, 11) is -0.428. The molecule has 4 heteroatoms. The normalized spacial score (nSPS) is 13.4. The zero-order chi connectivity index (χ0) is 30.1. The van der Waals surface area contributed by atoms with Crippen LogP contribution < -0.4 is 0 Å². The largest absolute Gasteiger partial charge is 0.417 e. The summed E-state index contributed by atoms with van der Waals surface area (Å²) in [6, 6.07) is 11.0. The van der Waals surface area contributed by atoms with Crippen LogP contribution in [0.4, 0.5) is 0 Å². The quantitative estimate of drug-likeness (QED) is 0.0373. The van der Waals surface area contributed by atoms with Crippen molar-refractivity contribution in [1.82, 2.24) is 0 Å². The average molecular weight is 670 g/mol. The molecular formula is C37H70BrOPSi. The van der Waals surface area contributed by atoms with E-state index in [4.69, 9.17) is 4.43 Å². The molecule has 0 N–H and O–H groups in total. The lowest BCUT2D eigenvalue weighted by Gasteiger charge is -2.36. The van der Waals surface area contributed by atoms with E-state index >= 15 is 0 Å². The van der Waals surface area contributed by atoms with Crippen molar-refractivity contribution in [3.05, 3.63) is 35.9 Å². The van der Waals surface area contributed by atoms with Gasteiger partial charge < -0.3 is 4.43 Å². The Morgan fingerprint density at radius 2 is 1.02 bits per heavy atom. The fraction of sp³-hybridized carbons (Fsp3) is 0.838. The molecule has 0 aliphatic carbocycles. The molecule has 0 radical (unpaired) electrons. The maximum absolute atomic E-state index is 6.30. The van der Waals surface area contributed by atoms with Crippen LogP contribution >= 0.6 is 24.5 Å². The number of halogens is 1. The maximum atomic E-state index is 6.30. The second-order valence-corrected chi connectivity index (χ2v) is 21.4. The third-order valence-corrected chi connectivity index (χ3v) is 16.8. The third kappa shape index (κ3) is 22.5. The van der Waals surface area contributed by atoms with Crippen molar-refractivity contribution in [2.45, 2.75) is 179 Å². The molecule has 0 bridgehead atoms. The van der Waals surface area contributed by atoms with Crippen molar-refractivity contribution in [3.63, 3.8) is 0 Å². The Morgan fingerprint density at radius 1 is 0.634 bits per heavy atom. The van der Waals surface area contributed by atoms with Gasteiger partial charge in [0.2, 0.25) is 0 Å². The highest BCUT2D eigenvalue weighted by molar-refractivity contribution is 9.09. The van der Waals surface area contributed by atoms with Gasteiger partial charge in [0.05, 0.1) is 0 Å². The second-order valence-electron chi connectivity index (χ2n) is 14.2. The molecule has 1 nitrogen and oxygen atoms in total. The topological polar surface area (TPSA) is 9.23 Å². The van der Waals surface area contributed by atoms with Gasteiger partial charge in [-0.1, -0.05) is 183 Å². The molecule has 240 valence electrons. The van der Waals surface area contributed by atoms with Crippen LogP contribution in [0.2, 0.25) is 18.1 Å². The van der Waals surface area contributed by atoms with E-state index in [-0.39, 0.29) is 0 Å². The molecule has 0 amide bonds. The van der Waals surface area contributed by atoms with Crippen LogP contribution in [0.15, 0.2) is 30.3 Å². The molecule has 0 saturated carbocycles. The van der Waals surface area contributed by atoms with E-state index in [2.05, 4.69) is 80.1 Å². The lowest BCUT2D eigenvalue weighted by atomic mass is 10.0. The van der Waals surface area contributed by atoms with Gasteiger partial charge >= 0.3 is 0 Å². The molecule has 2 unspecified atom stereocenters. The van der Waals surface area contributed by atoms with Crippen molar-refractivity contribution in [1.29, 1.82) is 0 Å². The fourth-order valence-electron chi connectivity index (χ4n) is 5.34. The minimum absolute atomic E-state index is 0.341. The summed E-state index contributed by atoms with van der Waals surface area (Å²) in [6.45, 7) is 12.7. The zero-order valence-electron chi connectivity index (χ0n) is 28.2. The molecule has 1 aromatic carbocycles. The number of hydrogen-bond donors (Lipinski definition) is 0. The van der Waals surface area contributed by atoms with E-state index in [1.807, 2.05) is 0 Å². The van der Waals surface area contributed by atoms with Crippen molar-refractivity contribution >= 4 is 32.8 Å². The first kappa shape index (κ1) is 39.3. The highest BCUT2D eigenvalue weighted by Gasteiger charge is 2.36. The summed E-state index contributed by atoms with van der Waals surface area (Å²) in [5.74, 6) is 0. The van der Waals surface area contributed by atoms with E-state index in [1.165, 1.54) is 147 Å². The van der Waals surface area contributed by atoms with Gasteiger partial charge in [0.15, 0.2) is 8.32 Å². The molecule has 41 heavy (non-hydrogen) atoms. The van der Waals surface area contributed by atoms with Crippen LogP contribution in [0.3, 0.4) is 0 Å². The summed E-state index contributed by atoms with van der Waals surface area (Å²) < 4.78 is 6.30. The minimum atomic E-state index is -1.53. The molecule has 0 saturated heterocycles. The van der Waals surface area contributed by atoms with Gasteiger partial charge in [-0.3, -0.25) is 0 Å². The monoisotopic (exact) mass is 668 g/mol. The number of benzene rings is 1. The zero-order valence-corrected chi connectivity index (χ0v) is 31.8. The predicted molar refractivity (Wildman–Crippen MR) is 196 cm³/mol. The molecule has 2 atom stereocenters. The van der Waals surface area contributed by atoms with E-state index in [0.29, 0.717) is 5.04 Å². The maximum Gasteiger partial charge on any atom is 0.191 e. The molecule has 0 heterocycles. The van der Waals surface area contributed by atoms with Gasteiger partial charge in [0, 0.05) is 11.9 Å². The van der Waals surface area contributed by atoms with Crippen molar-refractivity contribution in [2.75, 3.05) is 18.1 Å². The van der Waals surface area contributed by atoms with Crippen LogP contribution in [0.5, 0.6) is 0 Å². The lowest BCUT2D eigenvalue weighted by molar-refractivity contribution is 0.277. The molecule has 1 aromatic rings. The first-order valence-electron chi connectivity index (χ1n) is 17.7. The Balaban J connectivity index is 1.74. The van der Waals surface area contributed by atoms with Crippen LogP contribution in [0.25, 0.3) is 0 Å². The summed E-state index contributed by atoms with van der Waals surface area (Å²) in [4.78, 5) is 0. The lowest BCUT2D eigenvalue weighted by Crippen LogP contribution is -2.40. The van der Waals surface area contributed by atoms with Gasteiger partial charge in [-0.05, 0) is 54.8 Å². The van der Waals surface area contributed by atoms with Crippen LogP contribution in [-0.4, -0.2) is 32.1 Å². The summed E-state index contributed by atoms with van der Waals surface area (Å²) in [6.07, 6.45) is 31.4. The molecule has 0 fully saturated rings. The molecule has 0 spiro atoms. The molecule has 0 aliphatic heterocycles. The summed E-state index contributed by atoms with van der Waals surface area (Å²) in [5.41, 5.74) is 2.32. The van der Waals surface area contributed by atoms with Gasteiger partial charge in [-0.15, -0.1) is 8.58 Å². The molecule has 0 aliphatic rings. The SMILES string of the molecule is CC(C)(C)[Si](C)(C)OCCCCCCCCCCCCCCCCCCCCCCPC(CBr)Cc1ccccc1. The standard InChI is InChI=1S/C37H70BrOPSi/c1-37(2,3)41(4,5)39-31-27-22-20-18-16-14-12-10-8-6-7-9-11-13-15-17-19-21-23-28-32-40-36(34-38)33-35-29-25-24-26-30-35/h24-26,29-30,36,40H,6-23,27-28,31-34H2,1-5H3. The smallest absolute Gasteiger partial charge is 0.191 e. The van der Waals surface area contributed by atoms with Gasteiger partial charge in [0.25, 0.3) is 0 Å².